The van der Waals surface area contributed by atoms with E-state index >= 15 is 0 Å². The van der Waals surface area contributed by atoms with E-state index in [9.17, 15) is 4.79 Å². The van der Waals surface area contributed by atoms with Crippen molar-refractivity contribution in [1.82, 2.24) is 4.37 Å². The number of nitrogens with two attached hydrogens (primary N) is 1. The number of aliphatic hydroxyl groups excluding tert-OH is 1. The number of rotatable bonds is 6. The summed E-state index contributed by atoms with van der Waals surface area (Å²) in [7, 11) is 1.30. The number of nitrogens with zero attached hydrogens (tertiary/aromatic N) is 2. The minimum absolute atomic E-state index is 0.0123. The Morgan fingerprint density at radius 2 is 2.29 bits per heavy atom. The van der Waals surface area contributed by atoms with Gasteiger partial charge in [0.25, 0.3) is 0 Å². The van der Waals surface area contributed by atoms with Crippen molar-refractivity contribution >= 4 is 28.3 Å². The summed E-state index contributed by atoms with van der Waals surface area (Å²) in [6.07, 6.45) is 0.901. The van der Waals surface area contributed by atoms with Crippen LogP contribution in [0.2, 0.25) is 0 Å². The lowest BCUT2D eigenvalue weighted by Gasteiger charge is -2.21. The third kappa shape index (κ3) is 3.07. The highest BCUT2D eigenvalue weighted by Crippen LogP contribution is 2.31. The molecular formula is C10H17N3O3S. The second-order valence-electron chi connectivity index (χ2n) is 3.45. The Kier molecular flexibility index (Phi) is 5.17. The molecular weight excluding hydrogens is 242 g/mol. The van der Waals surface area contributed by atoms with Gasteiger partial charge < -0.3 is 20.5 Å². The van der Waals surface area contributed by atoms with Gasteiger partial charge in [-0.05, 0) is 18.0 Å². The molecule has 0 atom stereocenters. The number of ether oxygens (including phenoxy) is 1. The molecule has 3 N–H and O–H groups in total. The van der Waals surface area contributed by atoms with E-state index in [-0.39, 0.29) is 12.4 Å². The third-order valence-electron chi connectivity index (χ3n) is 2.24. The van der Waals surface area contributed by atoms with Crippen LogP contribution in [0, 0.1) is 0 Å². The van der Waals surface area contributed by atoms with Gasteiger partial charge in [0.2, 0.25) is 0 Å². The maximum Gasteiger partial charge on any atom is 0.344 e. The van der Waals surface area contributed by atoms with Crippen molar-refractivity contribution in [2.24, 2.45) is 0 Å². The normalized spacial score (nSPS) is 10.3. The van der Waals surface area contributed by atoms with Crippen molar-refractivity contribution in [3.8, 4) is 0 Å². The minimum Gasteiger partial charge on any atom is -0.465 e. The lowest BCUT2D eigenvalue weighted by Crippen LogP contribution is -2.28. The lowest BCUT2D eigenvalue weighted by molar-refractivity contribution is 0.0603. The predicted octanol–water partition coefficient (Wildman–Crippen LogP) is 0.721. The molecule has 1 heterocycles. The Morgan fingerprint density at radius 1 is 1.59 bits per heavy atom. The molecule has 0 radical (unpaired) electrons. The molecule has 0 aliphatic rings. The van der Waals surface area contributed by atoms with E-state index in [0.29, 0.717) is 17.1 Å². The molecule has 0 saturated heterocycles. The number of aromatic nitrogens is 1. The van der Waals surface area contributed by atoms with Crippen molar-refractivity contribution in [1.29, 1.82) is 0 Å². The molecule has 1 aromatic heterocycles. The van der Waals surface area contributed by atoms with Crippen molar-refractivity contribution in [3.05, 3.63) is 5.56 Å². The quantitative estimate of drug-likeness (QED) is 0.732. The summed E-state index contributed by atoms with van der Waals surface area (Å²) >= 11 is 1.15. The molecule has 0 saturated carbocycles. The van der Waals surface area contributed by atoms with Crippen LogP contribution < -0.4 is 10.6 Å². The first-order valence-electron chi connectivity index (χ1n) is 5.34. The van der Waals surface area contributed by atoms with Crippen molar-refractivity contribution in [3.63, 3.8) is 0 Å². The van der Waals surface area contributed by atoms with Crippen LogP contribution in [-0.4, -0.2) is 42.3 Å². The van der Waals surface area contributed by atoms with E-state index in [4.69, 9.17) is 10.8 Å². The van der Waals surface area contributed by atoms with Crippen LogP contribution >= 0.6 is 11.5 Å². The lowest BCUT2D eigenvalue weighted by atomic mass is 10.3. The number of aliphatic hydroxyl groups is 1. The van der Waals surface area contributed by atoms with Gasteiger partial charge in [0.05, 0.1) is 13.7 Å². The summed E-state index contributed by atoms with van der Waals surface area (Å²) in [6, 6.07) is 0. The second-order valence-corrected chi connectivity index (χ2v) is 4.20. The van der Waals surface area contributed by atoms with Gasteiger partial charge in [0.1, 0.15) is 10.6 Å². The topological polar surface area (TPSA) is 88.7 Å². The van der Waals surface area contributed by atoms with Crippen LogP contribution in [0.1, 0.15) is 23.7 Å². The van der Waals surface area contributed by atoms with Gasteiger partial charge in [0, 0.05) is 13.1 Å². The average molecular weight is 259 g/mol. The van der Waals surface area contributed by atoms with Gasteiger partial charge >= 0.3 is 5.97 Å². The van der Waals surface area contributed by atoms with E-state index in [1.165, 1.54) is 7.11 Å². The Labute approximate surface area is 104 Å². The van der Waals surface area contributed by atoms with E-state index in [2.05, 4.69) is 9.11 Å². The number of hydrogen-bond acceptors (Lipinski definition) is 7. The molecule has 0 unspecified atom stereocenters. The van der Waals surface area contributed by atoms with Crippen LogP contribution in [-0.2, 0) is 4.74 Å². The van der Waals surface area contributed by atoms with E-state index in [0.717, 1.165) is 24.5 Å². The van der Waals surface area contributed by atoms with Crippen molar-refractivity contribution in [2.45, 2.75) is 13.3 Å². The van der Waals surface area contributed by atoms with Crippen molar-refractivity contribution in [2.75, 3.05) is 37.4 Å². The average Bonchev–Trinajstić information content (AvgIpc) is 2.70. The van der Waals surface area contributed by atoms with Crippen LogP contribution in [0.25, 0.3) is 0 Å². The molecule has 0 amide bonds. The van der Waals surface area contributed by atoms with Gasteiger partial charge in [-0.25, -0.2) is 4.79 Å². The highest BCUT2D eigenvalue weighted by Gasteiger charge is 2.23. The first-order valence-corrected chi connectivity index (χ1v) is 6.12. The second kappa shape index (κ2) is 6.41. The zero-order valence-corrected chi connectivity index (χ0v) is 10.8. The molecule has 96 valence electrons. The van der Waals surface area contributed by atoms with Crippen molar-refractivity contribution < 1.29 is 14.6 Å². The summed E-state index contributed by atoms with van der Waals surface area (Å²) in [5.41, 5.74) is 5.95. The fraction of sp³-hybridized carbons (Fsp3) is 0.600. The number of hydrogen-bond donors (Lipinski definition) is 2. The number of anilines is 2. The molecule has 0 aliphatic heterocycles. The van der Waals surface area contributed by atoms with Gasteiger partial charge in [-0.15, -0.1) is 0 Å². The molecule has 0 aromatic carbocycles. The first-order chi connectivity index (χ1) is 8.15. The minimum atomic E-state index is -0.495. The Bertz CT molecular complexity index is 375. The predicted molar refractivity (Wildman–Crippen MR) is 67.5 cm³/mol. The van der Waals surface area contributed by atoms with Crippen LogP contribution in [0.4, 0.5) is 10.8 Å². The monoisotopic (exact) mass is 259 g/mol. The molecule has 6 nitrogen and oxygen atoms in total. The van der Waals surface area contributed by atoms with Gasteiger partial charge in [0.15, 0.2) is 5.82 Å². The summed E-state index contributed by atoms with van der Waals surface area (Å²) in [5.74, 6) is -0.318. The van der Waals surface area contributed by atoms with Crippen LogP contribution in [0.5, 0.6) is 0 Å². The fourth-order valence-corrected chi connectivity index (χ4v) is 2.36. The number of carbonyl (C=O) groups is 1. The zero-order chi connectivity index (χ0) is 12.8. The van der Waals surface area contributed by atoms with Gasteiger partial charge in [-0.2, -0.15) is 4.37 Å². The molecule has 0 bridgehead atoms. The fourth-order valence-electron chi connectivity index (χ4n) is 1.51. The number of carbonyl (C=O) groups excluding carboxylic acids is 1. The number of nitrogen functional groups attached to an aromatic ring is 1. The molecule has 7 heteroatoms. The van der Waals surface area contributed by atoms with E-state index in [1.807, 2.05) is 11.8 Å². The Morgan fingerprint density at radius 3 is 2.82 bits per heavy atom. The van der Waals surface area contributed by atoms with E-state index < -0.39 is 5.97 Å². The van der Waals surface area contributed by atoms with E-state index in [1.54, 1.807) is 0 Å². The Balaban J connectivity index is 3.05. The summed E-state index contributed by atoms with van der Waals surface area (Å²) < 4.78 is 8.65. The molecule has 0 aliphatic carbocycles. The number of esters is 1. The van der Waals surface area contributed by atoms with Gasteiger partial charge in [-0.3, -0.25) is 0 Å². The molecule has 1 rings (SSSR count). The highest BCUT2D eigenvalue weighted by atomic mass is 32.1. The summed E-state index contributed by atoms with van der Waals surface area (Å²) in [6.45, 7) is 3.21. The maximum absolute atomic E-state index is 11.6. The largest absolute Gasteiger partial charge is 0.465 e. The number of methoxy groups -OCH3 is 1. The highest BCUT2D eigenvalue weighted by molar-refractivity contribution is 7.11. The molecule has 1 aromatic rings. The third-order valence-corrected chi connectivity index (χ3v) is 3.16. The van der Waals surface area contributed by atoms with Crippen LogP contribution in [0.15, 0.2) is 0 Å². The van der Waals surface area contributed by atoms with Gasteiger partial charge in [-0.1, -0.05) is 6.92 Å². The molecule has 0 fully saturated rings. The standard InChI is InChI=1S/C10H17N3O3S/c1-3-4-13(5-6-14)9-7(10(15)16-2)8(11)12-17-9/h14H,3-6H2,1-2H3,(H2,11,12). The maximum atomic E-state index is 11.6. The Hall–Kier alpha value is -1.34. The first kappa shape index (κ1) is 13.7. The summed E-state index contributed by atoms with van der Waals surface area (Å²) in [5, 5.41) is 9.67. The SMILES string of the molecule is CCCN(CCO)c1snc(N)c1C(=O)OC. The molecule has 0 spiro atoms. The summed E-state index contributed by atoms with van der Waals surface area (Å²) in [4.78, 5) is 13.5. The zero-order valence-electron chi connectivity index (χ0n) is 9.97. The van der Waals surface area contributed by atoms with Crippen LogP contribution in [0.3, 0.4) is 0 Å². The smallest absolute Gasteiger partial charge is 0.344 e. The molecule has 17 heavy (non-hydrogen) atoms.